The van der Waals surface area contributed by atoms with Gasteiger partial charge in [-0.3, -0.25) is 19.1 Å². The normalized spacial score (nSPS) is 13.5. The van der Waals surface area contributed by atoms with E-state index in [9.17, 15) is 19.2 Å². The molecule has 0 spiro atoms. The number of rotatable bonds is 15. The van der Waals surface area contributed by atoms with Crippen LogP contribution in [-0.2, 0) is 38.6 Å². The van der Waals surface area contributed by atoms with Gasteiger partial charge in [0.05, 0.1) is 33.3 Å². The maximum Gasteiger partial charge on any atom is 0.409 e. The molecule has 0 atom stereocenters. The summed E-state index contributed by atoms with van der Waals surface area (Å²) >= 11 is 0. The summed E-state index contributed by atoms with van der Waals surface area (Å²) in [4.78, 5) is 67.0. The quantitative estimate of drug-likeness (QED) is 0.183. The van der Waals surface area contributed by atoms with E-state index < -0.39 is 0 Å². The first kappa shape index (κ1) is 34.2. The number of hydrogen-bond acceptors (Lipinski definition) is 11. The molecule has 46 heavy (non-hydrogen) atoms. The molecule has 3 aromatic rings. The van der Waals surface area contributed by atoms with E-state index in [4.69, 9.17) is 19.9 Å². The van der Waals surface area contributed by atoms with Gasteiger partial charge in [-0.15, -0.1) is 0 Å². The second-order valence-corrected chi connectivity index (χ2v) is 11.1. The number of amides is 2. The molecule has 4 rings (SSSR count). The monoisotopic (exact) mass is 640 g/mol. The molecule has 0 saturated carbocycles. The molecule has 3 N–H and O–H groups in total. The van der Waals surface area contributed by atoms with E-state index >= 15 is 0 Å². The lowest BCUT2D eigenvalue weighted by atomic mass is 10.1. The fraction of sp³-hybridized carbons (Fsp3) is 0.548. The SMILES string of the molecule is CCCCOc1nc(N)c2[nH]c(=O)n(CCCN(Cc3ccc(CC(=O)OC)cc3)C(=O)CN3CCN(C(=O)OCC)CC3)c2n1. The summed E-state index contributed by atoms with van der Waals surface area (Å²) in [6.07, 6.45) is 2.07. The lowest BCUT2D eigenvalue weighted by Crippen LogP contribution is -2.51. The van der Waals surface area contributed by atoms with Crippen molar-refractivity contribution in [3.8, 4) is 6.01 Å². The smallest absolute Gasteiger partial charge is 0.409 e. The Kier molecular flexibility index (Phi) is 12.3. The number of H-pyrrole nitrogens is 1. The van der Waals surface area contributed by atoms with Gasteiger partial charge in [-0.05, 0) is 30.9 Å². The molecule has 0 aliphatic carbocycles. The highest BCUT2D eigenvalue weighted by atomic mass is 16.6. The lowest BCUT2D eigenvalue weighted by molar-refractivity contribution is -0.139. The van der Waals surface area contributed by atoms with Gasteiger partial charge in [-0.25, -0.2) is 9.59 Å². The topological polar surface area (TPSA) is 178 Å². The van der Waals surface area contributed by atoms with E-state index in [2.05, 4.69) is 15.0 Å². The van der Waals surface area contributed by atoms with Gasteiger partial charge in [0.25, 0.3) is 0 Å². The fourth-order valence-electron chi connectivity index (χ4n) is 5.14. The third-order valence-corrected chi connectivity index (χ3v) is 7.75. The number of benzene rings is 1. The Morgan fingerprint density at radius 1 is 1.02 bits per heavy atom. The number of ether oxygens (including phenoxy) is 3. The van der Waals surface area contributed by atoms with Crippen LogP contribution in [0.1, 0.15) is 44.2 Å². The number of carbonyl (C=O) groups is 3. The Morgan fingerprint density at radius 2 is 1.74 bits per heavy atom. The molecule has 1 aliphatic rings. The predicted molar refractivity (Wildman–Crippen MR) is 170 cm³/mol. The molecule has 1 aromatic carbocycles. The van der Waals surface area contributed by atoms with E-state index in [0.717, 1.165) is 24.0 Å². The van der Waals surface area contributed by atoms with Crippen LogP contribution in [0.15, 0.2) is 29.1 Å². The van der Waals surface area contributed by atoms with E-state index in [-0.39, 0.29) is 55.0 Å². The van der Waals surface area contributed by atoms with Crippen LogP contribution in [0.2, 0.25) is 0 Å². The van der Waals surface area contributed by atoms with Gasteiger partial charge in [0.2, 0.25) is 5.91 Å². The molecule has 2 aromatic heterocycles. The molecule has 1 fully saturated rings. The second-order valence-electron chi connectivity index (χ2n) is 11.1. The van der Waals surface area contributed by atoms with Gasteiger partial charge < -0.3 is 34.7 Å². The minimum atomic E-state index is -0.375. The van der Waals surface area contributed by atoms with E-state index in [1.807, 2.05) is 36.1 Å². The summed E-state index contributed by atoms with van der Waals surface area (Å²) in [5.74, 6) is -0.276. The van der Waals surface area contributed by atoms with Crippen LogP contribution in [0.4, 0.5) is 10.6 Å². The second kappa shape index (κ2) is 16.6. The van der Waals surface area contributed by atoms with Crippen LogP contribution < -0.4 is 16.2 Å². The van der Waals surface area contributed by atoms with Crippen molar-refractivity contribution in [2.75, 3.05) is 65.3 Å². The largest absolute Gasteiger partial charge is 0.469 e. The number of hydrogen-bond donors (Lipinski definition) is 2. The third-order valence-electron chi connectivity index (χ3n) is 7.75. The van der Waals surface area contributed by atoms with Gasteiger partial charge in [0.15, 0.2) is 11.5 Å². The molecule has 1 saturated heterocycles. The van der Waals surface area contributed by atoms with E-state index in [1.54, 1.807) is 16.7 Å². The number of piperazine rings is 1. The standard InChI is InChI=1S/C31H44N8O7/c1-4-6-18-46-29-34-27(32)26-28(35-29)39(30(42)33-26)13-7-12-38(20-23-10-8-22(9-11-23)19-25(41)44-3)24(40)21-36-14-16-37(17-15-36)31(43)45-5-2/h8-11H,4-7,12-21H2,1-3H3,(H,33,42)(H2,32,34,35). The van der Waals surface area contributed by atoms with Crippen LogP contribution in [-0.4, -0.2) is 112 Å². The molecule has 15 nitrogen and oxygen atoms in total. The molecule has 3 heterocycles. The molecule has 1 aliphatic heterocycles. The van der Waals surface area contributed by atoms with Crippen molar-refractivity contribution < 1.29 is 28.6 Å². The number of unbranched alkanes of at least 4 members (excludes halogenated alkanes) is 1. The van der Waals surface area contributed by atoms with Gasteiger partial charge >= 0.3 is 23.8 Å². The predicted octanol–water partition coefficient (Wildman–Crippen LogP) is 1.79. The summed E-state index contributed by atoms with van der Waals surface area (Å²) in [6.45, 7) is 7.81. The van der Waals surface area contributed by atoms with Gasteiger partial charge in [-0.2, -0.15) is 9.97 Å². The highest BCUT2D eigenvalue weighted by Crippen LogP contribution is 2.18. The van der Waals surface area contributed by atoms with Gasteiger partial charge in [0, 0.05) is 45.8 Å². The Hall–Kier alpha value is -4.66. The number of nitrogens with zero attached hydrogens (tertiary/aromatic N) is 6. The summed E-state index contributed by atoms with van der Waals surface area (Å²) in [5.41, 5.74) is 8.12. The average Bonchev–Trinajstić information content (AvgIpc) is 3.37. The summed E-state index contributed by atoms with van der Waals surface area (Å²) in [5, 5.41) is 0. The van der Waals surface area contributed by atoms with Crippen molar-refractivity contribution >= 4 is 35.0 Å². The van der Waals surface area contributed by atoms with Gasteiger partial charge in [-0.1, -0.05) is 37.6 Å². The number of aromatic nitrogens is 4. The van der Waals surface area contributed by atoms with Crippen LogP contribution in [0, 0.1) is 0 Å². The summed E-state index contributed by atoms with van der Waals surface area (Å²) < 4.78 is 17.0. The van der Waals surface area contributed by atoms with E-state index in [1.165, 1.54) is 11.7 Å². The summed E-state index contributed by atoms with van der Waals surface area (Å²) in [6, 6.07) is 7.58. The first-order valence-corrected chi connectivity index (χ1v) is 15.7. The van der Waals surface area contributed by atoms with Crippen molar-refractivity contribution in [3.05, 3.63) is 45.9 Å². The Labute approximate surface area is 267 Å². The first-order valence-electron chi connectivity index (χ1n) is 15.7. The van der Waals surface area contributed by atoms with Gasteiger partial charge in [0.1, 0.15) is 5.52 Å². The summed E-state index contributed by atoms with van der Waals surface area (Å²) in [7, 11) is 1.35. The van der Waals surface area contributed by atoms with Crippen molar-refractivity contribution in [2.45, 2.75) is 52.6 Å². The molecule has 0 radical (unpaired) electrons. The molecule has 2 amide bonds. The molecule has 15 heteroatoms. The number of nitrogen functional groups attached to an aromatic ring is 1. The first-order chi connectivity index (χ1) is 22.2. The maximum absolute atomic E-state index is 13.7. The number of imidazole rings is 1. The third kappa shape index (κ3) is 9.19. The van der Waals surface area contributed by atoms with Crippen LogP contribution in [0.5, 0.6) is 6.01 Å². The molecular formula is C31H44N8O7. The average molecular weight is 641 g/mol. The van der Waals surface area contributed by atoms with Crippen LogP contribution in [0.25, 0.3) is 11.2 Å². The number of nitrogens with two attached hydrogens (primary N) is 1. The Morgan fingerprint density at radius 3 is 2.41 bits per heavy atom. The van der Waals surface area contributed by atoms with Crippen LogP contribution in [0.3, 0.4) is 0 Å². The van der Waals surface area contributed by atoms with Crippen LogP contribution >= 0.6 is 0 Å². The Balaban J connectivity index is 1.45. The van der Waals surface area contributed by atoms with Crippen molar-refractivity contribution in [2.24, 2.45) is 0 Å². The van der Waals surface area contributed by atoms with Crippen molar-refractivity contribution in [1.82, 2.24) is 34.2 Å². The zero-order valence-corrected chi connectivity index (χ0v) is 26.8. The molecule has 0 unspecified atom stereocenters. The minimum absolute atomic E-state index is 0.0762. The number of carbonyl (C=O) groups excluding carboxylic acids is 3. The van der Waals surface area contributed by atoms with Crippen molar-refractivity contribution in [1.29, 1.82) is 0 Å². The Bertz CT molecular complexity index is 1530. The number of esters is 1. The number of methoxy groups -OCH3 is 1. The van der Waals surface area contributed by atoms with Crippen molar-refractivity contribution in [3.63, 3.8) is 0 Å². The number of fused-ring (bicyclic) bond motifs is 1. The number of aryl methyl sites for hydroxylation is 1. The maximum atomic E-state index is 13.7. The number of anilines is 1. The molecular weight excluding hydrogens is 596 g/mol. The highest BCUT2D eigenvalue weighted by molar-refractivity contribution is 5.82. The number of aromatic amines is 1. The number of nitrogens with one attached hydrogen (secondary N) is 1. The lowest BCUT2D eigenvalue weighted by Gasteiger charge is -2.34. The zero-order valence-electron chi connectivity index (χ0n) is 26.8. The minimum Gasteiger partial charge on any atom is -0.469 e. The highest BCUT2D eigenvalue weighted by Gasteiger charge is 2.25. The molecule has 0 bridgehead atoms. The fourth-order valence-corrected chi connectivity index (χ4v) is 5.14. The molecule has 250 valence electrons. The van der Waals surface area contributed by atoms with E-state index in [0.29, 0.717) is 70.1 Å². The zero-order chi connectivity index (χ0) is 33.1.